The van der Waals surface area contributed by atoms with E-state index in [2.05, 4.69) is 82.6 Å². The zero-order valence-electron chi connectivity index (χ0n) is 15.9. The molecule has 3 heterocycles. The number of benzene rings is 2. The van der Waals surface area contributed by atoms with Gasteiger partial charge in [-0.3, -0.25) is 4.90 Å². The Balaban J connectivity index is 1.39. The molecular formula is C24H22N4. The summed E-state index contributed by atoms with van der Waals surface area (Å²) in [5, 5.41) is 4.61. The van der Waals surface area contributed by atoms with Crippen molar-refractivity contribution in [1.82, 2.24) is 19.7 Å². The highest BCUT2D eigenvalue weighted by atomic mass is 15.3. The minimum atomic E-state index is 0.869. The van der Waals surface area contributed by atoms with Crippen LogP contribution in [0.1, 0.15) is 22.4 Å². The molecule has 0 fully saturated rings. The third-order valence-corrected chi connectivity index (χ3v) is 5.43. The first-order valence-corrected chi connectivity index (χ1v) is 9.62. The quantitative estimate of drug-likeness (QED) is 0.522. The molecular weight excluding hydrogens is 344 g/mol. The summed E-state index contributed by atoms with van der Waals surface area (Å²) in [4.78, 5) is 7.04. The van der Waals surface area contributed by atoms with Crippen molar-refractivity contribution < 1.29 is 0 Å². The molecule has 0 bridgehead atoms. The Hall–Kier alpha value is -3.24. The highest BCUT2D eigenvalue weighted by molar-refractivity contribution is 5.65. The van der Waals surface area contributed by atoms with Gasteiger partial charge in [0.15, 0.2) is 5.82 Å². The average Bonchev–Trinajstić information content (AvgIpc) is 3.31. The Labute approximate surface area is 165 Å². The maximum atomic E-state index is 4.61. The molecule has 0 N–H and O–H groups in total. The molecule has 4 heteroatoms. The molecule has 1 aliphatic rings. The number of fused-ring (bicyclic) bond motifs is 1. The molecule has 0 amide bonds. The minimum Gasteiger partial charge on any atom is -0.291 e. The summed E-state index contributed by atoms with van der Waals surface area (Å²) in [6.07, 6.45) is 3.81. The monoisotopic (exact) mass is 366 g/mol. The fourth-order valence-corrected chi connectivity index (χ4v) is 3.99. The first kappa shape index (κ1) is 16.9. The molecule has 0 spiro atoms. The molecule has 0 radical (unpaired) electrons. The molecule has 5 rings (SSSR count). The van der Waals surface area contributed by atoms with Gasteiger partial charge in [0.1, 0.15) is 0 Å². The highest BCUT2D eigenvalue weighted by Crippen LogP contribution is 2.26. The molecule has 2 aromatic heterocycles. The van der Waals surface area contributed by atoms with Crippen molar-refractivity contribution in [2.24, 2.45) is 0 Å². The van der Waals surface area contributed by atoms with E-state index in [9.17, 15) is 0 Å². The molecule has 0 saturated carbocycles. The number of rotatable bonds is 4. The first-order chi connectivity index (χ1) is 13.8. The van der Waals surface area contributed by atoms with Crippen molar-refractivity contribution in [3.63, 3.8) is 0 Å². The van der Waals surface area contributed by atoms with Crippen LogP contribution in [-0.4, -0.2) is 19.7 Å². The van der Waals surface area contributed by atoms with Crippen LogP contribution in [0.3, 0.4) is 0 Å². The second-order valence-corrected chi connectivity index (χ2v) is 7.36. The van der Waals surface area contributed by atoms with Crippen LogP contribution < -0.4 is 0 Å². The fraction of sp³-hybridized carbons (Fsp3) is 0.167. The van der Waals surface area contributed by atoms with Crippen LogP contribution in [0.5, 0.6) is 0 Å². The Morgan fingerprint density at radius 2 is 1.61 bits per heavy atom. The normalized spacial score (nSPS) is 13.6. The molecule has 0 atom stereocenters. The summed E-state index contributed by atoms with van der Waals surface area (Å²) in [6, 6.07) is 23.3. The predicted molar refractivity (Wildman–Crippen MR) is 111 cm³/mol. The van der Waals surface area contributed by atoms with Gasteiger partial charge in [-0.2, -0.15) is 5.10 Å². The van der Waals surface area contributed by atoms with Crippen LogP contribution in [0.25, 0.3) is 16.9 Å². The summed E-state index contributed by atoms with van der Waals surface area (Å²) in [5.74, 6) is 0.869. The van der Waals surface area contributed by atoms with Crippen molar-refractivity contribution in [3.05, 3.63) is 102 Å². The van der Waals surface area contributed by atoms with E-state index in [1.807, 2.05) is 23.1 Å². The van der Waals surface area contributed by atoms with Crippen LogP contribution in [0, 0.1) is 6.92 Å². The van der Waals surface area contributed by atoms with Crippen molar-refractivity contribution in [3.8, 4) is 16.9 Å². The van der Waals surface area contributed by atoms with Gasteiger partial charge in [-0.05, 0) is 41.3 Å². The Morgan fingerprint density at radius 3 is 2.36 bits per heavy atom. The molecule has 2 aromatic carbocycles. The van der Waals surface area contributed by atoms with E-state index in [4.69, 9.17) is 0 Å². The second kappa shape index (κ2) is 7.06. The average molecular weight is 366 g/mol. The van der Waals surface area contributed by atoms with Crippen molar-refractivity contribution in [2.45, 2.75) is 26.6 Å². The summed E-state index contributed by atoms with van der Waals surface area (Å²) in [7, 11) is 0. The minimum absolute atomic E-state index is 0.869. The summed E-state index contributed by atoms with van der Waals surface area (Å²) < 4.78 is 1.94. The number of hydrogen-bond acceptors (Lipinski definition) is 3. The SMILES string of the molecule is Cc1c(-c2ccccc2)cnn1-c1cc(CN2Cc3ccccc3C2)ccn1. The van der Waals surface area contributed by atoms with Crippen LogP contribution >= 0.6 is 0 Å². The van der Waals surface area contributed by atoms with E-state index < -0.39 is 0 Å². The van der Waals surface area contributed by atoms with Gasteiger partial charge in [0, 0.05) is 31.4 Å². The number of nitrogens with zero attached hydrogens (tertiary/aromatic N) is 4. The maximum Gasteiger partial charge on any atom is 0.153 e. The lowest BCUT2D eigenvalue weighted by molar-refractivity contribution is 0.275. The molecule has 1 aliphatic heterocycles. The molecule has 28 heavy (non-hydrogen) atoms. The van der Waals surface area contributed by atoms with Crippen molar-refractivity contribution in [1.29, 1.82) is 0 Å². The Kier molecular flexibility index (Phi) is 4.26. The van der Waals surface area contributed by atoms with Crippen LogP contribution in [0.4, 0.5) is 0 Å². The molecule has 4 nitrogen and oxygen atoms in total. The molecule has 138 valence electrons. The Bertz CT molecular complexity index is 1090. The molecule has 4 aromatic rings. The lowest BCUT2D eigenvalue weighted by Gasteiger charge is -2.15. The van der Waals surface area contributed by atoms with Gasteiger partial charge in [-0.25, -0.2) is 9.67 Å². The standard InChI is InChI=1S/C24H22N4/c1-18-23(20-7-3-2-4-8-20)14-26-28(18)24-13-19(11-12-25-24)15-27-16-21-9-5-6-10-22(21)17-27/h2-14H,15-17H2,1H3. The van der Waals surface area contributed by atoms with Gasteiger partial charge < -0.3 is 0 Å². The van der Waals surface area contributed by atoms with E-state index >= 15 is 0 Å². The van der Waals surface area contributed by atoms with Gasteiger partial charge in [0.25, 0.3) is 0 Å². The number of aromatic nitrogens is 3. The maximum absolute atomic E-state index is 4.61. The predicted octanol–water partition coefficient (Wildman–Crippen LogP) is 4.76. The first-order valence-electron chi connectivity index (χ1n) is 9.62. The highest BCUT2D eigenvalue weighted by Gasteiger charge is 2.18. The third kappa shape index (κ3) is 3.12. The zero-order valence-corrected chi connectivity index (χ0v) is 15.9. The molecule has 0 aliphatic carbocycles. The van der Waals surface area contributed by atoms with Crippen LogP contribution in [0.15, 0.2) is 79.1 Å². The lowest BCUT2D eigenvalue weighted by Crippen LogP contribution is -2.16. The summed E-state index contributed by atoms with van der Waals surface area (Å²) >= 11 is 0. The topological polar surface area (TPSA) is 34.0 Å². The van der Waals surface area contributed by atoms with E-state index in [0.29, 0.717) is 0 Å². The van der Waals surface area contributed by atoms with E-state index in [-0.39, 0.29) is 0 Å². The molecule has 0 saturated heterocycles. The van der Waals surface area contributed by atoms with Crippen LogP contribution in [0.2, 0.25) is 0 Å². The van der Waals surface area contributed by atoms with E-state index in [1.54, 1.807) is 0 Å². The van der Waals surface area contributed by atoms with E-state index in [1.165, 1.54) is 22.3 Å². The number of hydrogen-bond donors (Lipinski definition) is 0. The van der Waals surface area contributed by atoms with E-state index in [0.717, 1.165) is 36.7 Å². The van der Waals surface area contributed by atoms with Gasteiger partial charge in [0.05, 0.1) is 11.9 Å². The lowest BCUT2D eigenvalue weighted by atomic mass is 10.1. The smallest absolute Gasteiger partial charge is 0.153 e. The van der Waals surface area contributed by atoms with Gasteiger partial charge in [-0.15, -0.1) is 0 Å². The second-order valence-electron chi connectivity index (χ2n) is 7.36. The summed E-state index contributed by atoms with van der Waals surface area (Å²) in [6.45, 7) is 5.02. The van der Waals surface area contributed by atoms with Crippen molar-refractivity contribution >= 4 is 0 Å². The Morgan fingerprint density at radius 1 is 0.893 bits per heavy atom. The van der Waals surface area contributed by atoms with Crippen molar-refractivity contribution in [2.75, 3.05) is 0 Å². The number of pyridine rings is 1. The fourth-order valence-electron chi connectivity index (χ4n) is 3.99. The largest absolute Gasteiger partial charge is 0.291 e. The zero-order chi connectivity index (χ0) is 18.9. The van der Waals surface area contributed by atoms with Gasteiger partial charge >= 0.3 is 0 Å². The van der Waals surface area contributed by atoms with Gasteiger partial charge in [-0.1, -0.05) is 54.6 Å². The summed E-state index contributed by atoms with van der Waals surface area (Å²) in [5.41, 5.74) is 7.55. The molecule has 0 unspecified atom stereocenters. The van der Waals surface area contributed by atoms with Gasteiger partial charge in [0.2, 0.25) is 0 Å². The van der Waals surface area contributed by atoms with Crippen LogP contribution in [-0.2, 0) is 19.6 Å². The third-order valence-electron chi connectivity index (χ3n) is 5.43.